The second-order valence-corrected chi connectivity index (χ2v) is 7.00. The molecule has 0 fully saturated rings. The Balaban J connectivity index is 1.44. The molecular formula is C21H20N4O3. The minimum Gasteiger partial charge on any atom is -0.497 e. The fourth-order valence-electron chi connectivity index (χ4n) is 3.81. The van der Waals surface area contributed by atoms with Crippen LogP contribution in [0.25, 0.3) is 22.5 Å². The summed E-state index contributed by atoms with van der Waals surface area (Å²) in [6.07, 6.45) is 4.30. The van der Waals surface area contributed by atoms with Gasteiger partial charge in [0, 0.05) is 42.3 Å². The molecule has 2 N–H and O–H groups in total. The molecule has 4 heterocycles. The summed E-state index contributed by atoms with van der Waals surface area (Å²) in [5.74, 6) is 1.89. The molecular weight excluding hydrogens is 356 g/mol. The Bertz CT molecular complexity index is 1190. The predicted octanol–water partition coefficient (Wildman–Crippen LogP) is 3.08. The summed E-state index contributed by atoms with van der Waals surface area (Å²) < 4.78 is 10.7. The van der Waals surface area contributed by atoms with Crippen molar-refractivity contribution in [3.8, 4) is 17.3 Å². The molecule has 0 spiro atoms. The van der Waals surface area contributed by atoms with Crippen molar-refractivity contribution in [2.75, 3.05) is 13.7 Å². The minimum atomic E-state index is -0.0760. The summed E-state index contributed by atoms with van der Waals surface area (Å²) in [5.41, 5.74) is 3.80. The van der Waals surface area contributed by atoms with Crippen LogP contribution in [-0.4, -0.2) is 33.5 Å². The summed E-state index contributed by atoms with van der Waals surface area (Å²) >= 11 is 0. The van der Waals surface area contributed by atoms with Gasteiger partial charge in [-0.05, 0) is 42.3 Å². The van der Waals surface area contributed by atoms with E-state index in [1.807, 2.05) is 18.3 Å². The van der Waals surface area contributed by atoms with Gasteiger partial charge in [-0.25, -0.2) is 4.98 Å². The van der Waals surface area contributed by atoms with Crippen LogP contribution in [-0.2, 0) is 19.5 Å². The molecule has 3 aromatic heterocycles. The average Bonchev–Trinajstić information content (AvgIpc) is 3.38. The number of nitrogens with zero attached hydrogens (tertiary/aromatic N) is 2. The van der Waals surface area contributed by atoms with Crippen LogP contribution < -0.4 is 10.3 Å². The van der Waals surface area contributed by atoms with Crippen LogP contribution in [0, 0.1) is 0 Å². The summed E-state index contributed by atoms with van der Waals surface area (Å²) in [4.78, 5) is 25.6. The Morgan fingerprint density at radius 2 is 2.25 bits per heavy atom. The lowest BCUT2D eigenvalue weighted by Gasteiger charge is -2.27. The van der Waals surface area contributed by atoms with Crippen LogP contribution in [0.3, 0.4) is 0 Å². The summed E-state index contributed by atoms with van der Waals surface area (Å²) in [6, 6.07) is 9.61. The van der Waals surface area contributed by atoms with Crippen molar-refractivity contribution >= 4 is 10.9 Å². The van der Waals surface area contributed by atoms with E-state index in [0.29, 0.717) is 24.6 Å². The van der Waals surface area contributed by atoms with Crippen molar-refractivity contribution in [3.05, 3.63) is 70.0 Å². The second kappa shape index (κ2) is 6.69. The number of benzene rings is 1. The van der Waals surface area contributed by atoms with Crippen molar-refractivity contribution in [2.24, 2.45) is 0 Å². The quantitative estimate of drug-likeness (QED) is 0.572. The molecule has 28 heavy (non-hydrogen) atoms. The fraction of sp³-hybridized carbons (Fsp3) is 0.238. The van der Waals surface area contributed by atoms with Gasteiger partial charge < -0.3 is 19.1 Å². The first kappa shape index (κ1) is 16.8. The third kappa shape index (κ3) is 2.90. The molecule has 0 radical (unpaired) electrons. The minimum absolute atomic E-state index is 0.0760. The molecule has 5 rings (SSSR count). The van der Waals surface area contributed by atoms with E-state index >= 15 is 0 Å². The number of rotatable bonds is 4. The zero-order chi connectivity index (χ0) is 19.1. The molecule has 0 saturated carbocycles. The van der Waals surface area contributed by atoms with Gasteiger partial charge in [0.05, 0.1) is 19.1 Å². The van der Waals surface area contributed by atoms with Crippen molar-refractivity contribution in [1.82, 2.24) is 19.9 Å². The van der Waals surface area contributed by atoms with Crippen LogP contribution in [0.1, 0.15) is 16.8 Å². The number of aromatic nitrogens is 3. The predicted molar refractivity (Wildman–Crippen MR) is 105 cm³/mol. The smallest absolute Gasteiger partial charge is 0.254 e. The lowest BCUT2D eigenvalue weighted by Crippen LogP contribution is -2.35. The first-order valence-corrected chi connectivity index (χ1v) is 9.23. The highest BCUT2D eigenvalue weighted by Gasteiger charge is 2.22. The number of methoxy groups -OCH3 is 1. The van der Waals surface area contributed by atoms with Crippen LogP contribution >= 0.6 is 0 Å². The van der Waals surface area contributed by atoms with E-state index in [1.54, 1.807) is 25.5 Å². The number of aromatic amines is 2. The van der Waals surface area contributed by atoms with Crippen LogP contribution in [0.5, 0.6) is 5.75 Å². The van der Waals surface area contributed by atoms with E-state index in [-0.39, 0.29) is 5.56 Å². The van der Waals surface area contributed by atoms with E-state index in [0.717, 1.165) is 41.0 Å². The Hall–Kier alpha value is -3.32. The molecule has 1 aromatic carbocycles. The van der Waals surface area contributed by atoms with Gasteiger partial charge in [0.1, 0.15) is 5.75 Å². The lowest BCUT2D eigenvalue weighted by molar-refractivity contribution is 0.241. The topological polar surface area (TPSA) is 87.2 Å². The fourth-order valence-corrected chi connectivity index (χ4v) is 3.81. The molecule has 0 amide bonds. The standard InChI is InChI=1S/C21H20N4O3/c1-27-14-4-5-17-16(9-14)13(10-22-17)11-25-7-6-15-18(12-25)23-20(24-21(15)26)19-3-2-8-28-19/h2-5,8-10,22H,6-7,11-12H2,1H3,(H,23,24,26). The Morgan fingerprint density at radius 1 is 1.32 bits per heavy atom. The van der Waals surface area contributed by atoms with Gasteiger partial charge in [-0.1, -0.05) is 0 Å². The highest BCUT2D eigenvalue weighted by molar-refractivity contribution is 5.84. The van der Waals surface area contributed by atoms with E-state index in [1.165, 1.54) is 5.56 Å². The lowest BCUT2D eigenvalue weighted by atomic mass is 10.1. The van der Waals surface area contributed by atoms with Gasteiger partial charge in [-0.2, -0.15) is 0 Å². The summed E-state index contributed by atoms with van der Waals surface area (Å²) in [6.45, 7) is 2.22. The van der Waals surface area contributed by atoms with Gasteiger partial charge in [-0.15, -0.1) is 0 Å². The zero-order valence-electron chi connectivity index (χ0n) is 15.5. The van der Waals surface area contributed by atoms with Crippen LogP contribution in [0.2, 0.25) is 0 Å². The molecule has 1 aliphatic heterocycles. The Kier molecular flexibility index (Phi) is 4.02. The largest absolute Gasteiger partial charge is 0.497 e. The molecule has 142 valence electrons. The first-order chi connectivity index (χ1) is 13.7. The van der Waals surface area contributed by atoms with E-state index in [4.69, 9.17) is 9.15 Å². The van der Waals surface area contributed by atoms with E-state index < -0.39 is 0 Å². The second-order valence-electron chi connectivity index (χ2n) is 7.00. The van der Waals surface area contributed by atoms with Gasteiger partial charge >= 0.3 is 0 Å². The van der Waals surface area contributed by atoms with Gasteiger partial charge in [0.25, 0.3) is 5.56 Å². The zero-order valence-corrected chi connectivity index (χ0v) is 15.5. The third-order valence-electron chi connectivity index (χ3n) is 5.28. The number of ether oxygens (including phenoxy) is 1. The molecule has 7 heteroatoms. The summed E-state index contributed by atoms with van der Waals surface area (Å²) in [7, 11) is 1.68. The van der Waals surface area contributed by atoms with Gasteiger partial charge in [0.2, 0.25) is 0 Å². The third-order valence-corrected chi connectivity index (χ3v) is 5.28. The molecule has 0 unspecified atom stereocenters. The monoisotopic (exact) mass is 376 g/mol. The van der Waals surface area contributed by atoms with Crippen LogP contribution in [0.15, 0.2) is 52.0 Å². The normalized spacial score (nSPS) is 14.3. The molecule has 1 aliphatic rings. The molecule has 0 aliphatic carbocycles. The SMILES string of the molecule is COc1ccc2[nH]cc(CN3CCc4c(nc(-c5ccco5)[nH]c4=O)C3)c2c1. The maximum absolute atomic E-state index is 12.5. The summed E-state index contributed by atoms with van der Waals surface area (Å²) in [5, 5.41) is 1.15. The van der Waals surface area contributed by atoms with E-state index in [9.17, 15) is 4.79 Å². The molecule has 4 aromatic rings. The maximum Gasteiger partial charge on any atom is 0.254 e. The highest BCUT2D eigenvalue weighted by Crippen LogP contribution is 2.26. The number of fused-ring (bicyclic) bond motifs is 2. The Labute approximate surface area is 161 Å². The average molecular weight is 376 g/mol. The Morgan fingerprint density at radius 3 is 3.07 bits per heavy atom. The highest BCUT2D eigenvalue weighted by atomic mass is 16.5. The van der Waals surface area contributed by atoms with E-state index in [2.05, 4.69) is 25.9 Å². The maximum atomic E-state index is 12.5. The molecule has 7 nitrogen and oxygen atoms in total. The van der Waals surface area contributed by atoms with Gasteiger partial charge in [0.15, 0.2) is 11.6 Å². The first-order valence-electron chi connectivity index (χ1n) is 9.23. The number of hydrogen-bond acceptors (Lipinski definition) is 5. The number of furan rings is 1. The number of nitrogens with one attached hydrogen (secondary N) is 2. The van der Waals surface area contributed by atoms with Crippen molar-refractivity contribution in [3.63, 3.8) is 0 Å². The number of H-pyrrole nitrogens is 2. The number of hydrogen-bond donors (Lipinski definition) is 2. The molecule has 0 bridgehead atoms. The molecule has 0 saturated heterocycles. The van der Waals surface area contributed by atoms with Crippen molar-refractivity contribution in [2.45, 2.75) is 19.5 Å². The van der Waals surface area contributed by atoms with Crippen molar-refractivity contribution in [1.29, 1.82) is 0 Å². The van der Waals surface area contributed by atoms with Crippen molar-refractivity contribution < 1.29 is 9.15 Å². The van der Waals surface area contributed by atoms with Crippen LogP contribution in [0.4, 0.5) is 0 Å². The molecule has 0 atom stereocenters. The van der Waals surface area contributed by atoms with Gasteiger partial charge in [-0.3, -0.25) is 9.69 Å².